The van der Waals surface area contributed by atoms with Gasteiger partial charge in [0.15, 0.2) is 0 Å². The Kier molecular flexibility index (Phi) is 7.06. The minimum atomic E-state index is -3.84. The van der Waals surface area contributed by atoms with Crippen LogP contribution < -0.4 is 4.83 Å². The average Bonchev–Trinajstić information content (AvgIpc) is 2.65. The molecular formula is C19H21FN2O4S. The fourth-order valence-electron chi connectivity index (χ4n) is 2.29. The van der Waals surface area contributed by atoms with Gasteiger partial charge in [-0.1, -0.05) is 29.8 Å². The Morgan fingerprint density at radius 3 is 2.30 bits per heavy atom. The molecule has 1 N–H and O–H groups in total. The number of rotatable bonds is 8. The molecule has 0 atom stereocenters. The fourth-order valence-corrected chi connectivity index (χ4v) is 3.12. The van der Waals surface area contributed by atoms with Crippen LogP contribution in [0.5, 0.6) is 0 Å². The van der Waals surface area contributed by atoms with E-state index in [-0.39, 0.29) is 17.3 Å². The summed E-state index contributed by atoms with van der Waals surface area (Å²) in [4.78, 5) is 13.6. The summed E-state index contributed by atoms with van der Waals surface area (Å²) in [5.74, 6) is -0.776. The van der Waals surface area contributed by atoms with E-state index in [0.717, 1.165) is 5.56 Å². The van der Waals surface area contributed by atoms with Gasteiger partial charge in [0.05, 0.1) is 17.7 Å². The van der Waals surface area contributed by atoms with Crippen molar-refractivity contribution in [3.63, 3.8) is 0 Å². The van der Waals surface area contributed by atoms with Gasteiger partial charge < -0.3 is 4.74 Å². The van der Waals surface area contributed by atoms with E-state index in [1.807, 2.05) is 6.92 Å². The molecule has 0 radical (unpaired) electrons. The van der Waals surface area contributed by atoms with Crippen LogP contribution >= 0.6 is 0 Å². The average molecular weight is 392 g/mol. The zero-order chi connectivity index (χ0) is 19.9. The maximum Gasteiger partial charge on any atom is 0.305 e. The maximum absolute atomic E-state index is 13.2. The molecule has 2 rings (SSSR count). The van der Waals surface area contributed by atoms with Crippen LogP contribution in [0.4, 0.5) is 4.39 Å². The fraction of sp³-hybridized carbons (Fsp3) is 0.263. The molecule has 0 aliphatic heterocycles. The Morgan fingerprint density at radius 1 is 1.07 bits per heavy atom. The number of hydrazone groups is 1. The molecular weight excluding hydrogens is 371 g/mol. The van der Waals surface area contributed by atoms with Gasteiger partial charge in [0, 0.05) is 6.42 Å². The molecule has 0 aliphatic rings. The molecule has 0 aromatic heterocycles. The van der Waals surface area contributed by atoms with E-state index >= 15 is 0 Å². The molecule has 0 unspecified atom stereocenters. The quantitative estimate of drug-likeness (QED) is 0.425. The van der Waals surface area contributed by atoms with Crippen LogP contribution in [-0.2, 0) is 19.6 Å². The third kappa shape index (κ3) is 6.18. The lowest BCUT2D eigenvalue weighted by Gasteiger charge is -2.09. The van der Waals surface area contributed by atoms with Gasteiger partial charge in [0.25, 0.3) is 10.0 Å². The number of carbonyl (C=O) groups is 1. The second-order valence-corrected chi connectivity index (χ2v) is 7.56. The summed E-state index contributed by atoms with van der Waals surface area (Å²) >= 11 is 0. The van der Waals surface area contributed by atoms with Crippen LogP contribution in [0.1, 0.15) is 30.4 Å². The highest BCUT2D eigenvalue weighted by Gasteiger charge is 2.14. The predicted molar refractivity (Wildman–Crippen MR) is 100 cm³/mol. The van der Waals surface area contributed by atoms with Gasteiger partial charge in [-0.3, -0.25) is 4.79 Å². The van der Waals surface area contributed by atoms with E-state index in [0.29, 0.717) is 24.1 Å². The number of ether oxygens (including phenoxy) is 1. The Morgan fingerprint density at radius 2 is 1.70 bits per heavy atom. The SMILES string of the molecule is COC(=O)CCC/C(=N/NS(=O)(=O)c1ccc(C)cc1)c1ccc(F)cc1. The lowest BCUT2D eigenvalue weighted by Crippen LogP contribution is -2.21. The molecule has 0 aliphatic carbocycles. The lowest BCUT2D eigenvalue weighted by molar-refractivity contribution is -0.140. The number of esters is 1. The Balaban J connectivity index is 2.21. The number of aryl methyl sites for hydroxylation is 1. The normalized spacial score (nSPS) is 11.9. The second-order valence-electron chi connectivity index (χ2n) is 5.90. The summed E-state index contributed by atoms with van der Waals surface area (Å²) < 4.78 is 42.6. The van der Waals surface area contributed by atoms with E-state index in [1.54, 1.807) is 12.1 Å². The van der Waals surface area contributed by atoms with Crippen LogP contribution in [0.25, 0.3) is 0 Å². The van der Waals surface area contributed by atoms with E-state index in [1.165, 1.54) is 43.5 Å². The molecule has 0 spiro atoms. The number of carbonyl (C=O) groups excluding carboxylic acids is 1. The highest BCUT2D eigenvalue weighted by molar-refractivity contribution is 7.89. The summed E-state index contributed by atoms with van der Waals surface area (Å²) in [6.07, 6.45) is 0.897. The van der Waals surface area contributed by atoms with Gasteiger partial charge in [-0.15, -0.1) is 0 Å². The van der Waals surface area contributed by atoms with E-state index in [9.17, 15) is 17.6 Å². The highest BCUT2D eigenvalue weighted by atomic mass is 32.2. The molecule has 0 heterocycles. The van der Waals surface area contributed by atoms with E-state index in [4.69, 9.17) is 0 Å². The van der Waals surface area contributed by atoms with Gasteiger partial charge in [0.1, 0.15) is 5.82 Å². The minimum absolute atomic E-state index is 0.0878. The van der Waals surface area contributed by atoms with E-state index in [2.05, 4.69) is 14.7 Å². The van der Waals surface area contributed by atoms with Gasteiger partial charge in [-0.25, -0.2) is 4.39 Å². The topological polar surface area (TPSA) is 84.8 Å². The Hall–Kier alpha value is -2.74. The van der Waals surface area contributed by atoms with Gasteiger partial charge in [0.2, 0.25) is 0 Å². The summed E-state index contributed by atoms with van der Waals surface area (Å²) in [7, 11) is -2.54. The van der Waals surface area contributed by atoms with Crippen molar-refractivity contribution in [2.24, 2.45) is 5.10 Å². The van der Waals surface area contributed by atoms with Crippen LogP contribution in [0.2, 0.25) is 0 Å². The smallest absolute Gasteiger partial charge is 0.305 e. The third-order valence-corrected chi connectivity index (χ3v) is 5.06. The number of hydrogen-bond acceptors (Lipinski definition) is 5. The van der Waals surface area contributed by atoms with Crippen LogP contribution in [0.15, 0.2) is 58.5 Å². The van der Waals surface area contributed by atoms with Gasteiger partial charge in [-0.2, -0.15) is 18.4 Å². The Labute approximate surface area is 158 Å². The molecule has 2 aromatic rings. The molecule has 144 valence electrons. The van der Waals surface area contributed by atoms with Gasteiger partial charge >= 0.3 is 5.97 Å². The molecule has 0 saturated heterocycles. The second kappa shape index (κ2) is 9.27. The van der Waals surface area contributed by atoms with Crippen LogP contribution in [-0.4, -0.2) is 27.2 Å². The zero-order valence-electron chi connectivity index (χ0n) is 15.1. The molecule has 0 saturated carbocycles. The highest BCUT2D eigenvalue weighted by Crippen LogP contribution is 2.13. The third-order valence-electron chi connectivity index (χ3n) is 3.83. The van der Waals surface area contributed by atoms with Crippen molar-refractivity contribution in [1.29, 1.82) is 0 Å². The zero-order valence-corrected chi connectivity index (χ0v) is 15.9. The predicted octanol–water partition coefficient (Wildman–Crippen LogP) is 3.16. The van der Waals surface area contributed by atoms with Gasteiger partial charge in [-0.05, 0) is 49.6 Å². The van der Waals surface area contributed by atoms with E-state index < -0.39 is 15.8 Å². The number of benzene rings is 2. The van der Waals surface area contributed by atoms with Crippen molar-refractivity contribution in [1.82, 2.24) is 4.83 Å². The first-order valence-corrected chi connectivity index (χ1v) is 9.78. The standard InChI is InChI=1S/C19H21FN2O4S/c1-14-6-12-17(13-7-14)27(24,25)22-21-18(4-3-5-19(23)26-2)15-8-10-16(20)11-9-15/h6-13,22H,3-5H2,1-2H3/b21-18-. The number of nitrogens with zero attached hydrogens (tertiary/aromatic N) is 1. The summed E-state index contributed by atoms with van der Waals surface area (Å²) in [5.41, 5.74) is 1.90. The van der Waals surface area contributed by atoms with Crippen LogP contribution in [0.3, 0.4) is 0 Å². The first-order chi connectivity index (χ1) is 12.8. The monoisotopic (exact) mass is 392 g/mol. The molecule has 6 nitrogen and oxygen atoms in total. The first-order valence-electron chi connectivity index (χ1n) is 8.29. The number of nitrogens with one attached hydrogen (secondary N) is 1. The molecule has 0 amide bonds. The first kappa shape index (κ1) is 20.6. The van der Waals surface area contributed by atoms with Crippen molar-refractivity contribution < 1.29 is 22.3 Å². The van der Waals surface area contributed by atoms with Crippen molar-refractivity contribution >= 4 is 21.7 Å². The van der Waals surface area contributed by atoms with Crippen molar-refractivity contribution in [2.45, 2.75) is 31.1 Å². The minimum Gasteiger partial charge on any atom is -0.469 e. The van der Waals surface area contributed by atoms with Crippen molar-refractivity contribution in [2.75, 3.05) is 7.11 Å². The number of halogens is 1. The maximum atomic E-state index is 13.2. The number of hydrogen-bond donors (Lipinski definition) is 1. The molecule has 27 heavy (non-hydrogen) atoms. The summed E-state index contributed by atoms with van der Waals surface area (Å²) in [6.45, 7) is 1.86. The number of sulfonamides is 1. The molecule has 2 aromatic carbocycles. The van der Waals surface area contributed by atoms with Crippen LogP contribution in [0, 0.1) is 12.7 Å². The summed E-state index contributed by atoms with van der Waals surface area (Å²) in [5, 5.41) is 4.02. The Bertz CT molecular complexity index is 908. The lowest BCUT2D eigenvalue weighted by atomic mass is 10.0. The molecule has 0 bridgehead atoms. The number of methoxy groups -OCH3 is 1. The molecule has 8 heteroatoms. The largest absolute Gasteiger partial charge is 0.469 e. The molecule has 0 fully saturated rings. The van der Waals surface area contributed by atoms with Crippen molar-refractivity contribution in [3.8, 4) is 0 Å². The van der Waals surface area contributed by atoms with Crippen molar-refractivity contribution in [3.05, 3.63) is 65.5 Å². The summed E-state index contributed by atoms with van der Waals surface area (Å²) in [6, 6.07) is 11.9.